The topological polar surface area (TPSA) is 51.6 Å². The van der Waals surface area contributed by atoms with Crippen LogP contribution in [0, 0.1) is 0 Å². The number of rotatable bonds is 6. The number of aliphatic hydroxyl groups excluding tert-OH is 1. The van der Waals surface area contributed by atoms with Gasteiger partial charge in [-0.3, -0.25) is 4.98 Å². The van der Waals surface area contributed by atoms with Gasteiger partial charge in [-0.2, -0.15) is 0 Å². The molecule has 0 fully saturated rings. The highest BCUT2D eigenvalue weighted by Gasteiger charge is 2.12. The molecule has 21 heavy (non-hydrogen) atoms. The van der Waals surface area contributed by atoms with Crippen molar-refractivity contribution in [1.29, 1.82) is 0 Å². The molecule has 112 valence electrons. The summed E-state index contributed by atoms with van der Waals surface area (Å²) in [5.74, 6) is 0.662. The van der Waals surface area contributed by atoms with E-state index in [1.165, 1.54) is 0 Å². The van der Waals surface area contributed by atoms with Gasteiger partial charge >= 0.3 is 0 Å². The first-order valence-corrected chi connectivity index (χ1v) is 6.97. The molecule has 0 aliphatic rings. The number of ether oxygens (including phenoxy) is 2. The lowest BCUT2D eigenvalue weighted by Gasteiger charge is -2.15. The van der Waals surface area contributed by atoms with Gasteiger partial charge in [-0.1, -0.05) is 24.3 Å². The largest absolute Gasteiger partial charge is 0.489 e. The Labute approximate surface area is 125 Å². The van der Waals surface area contributed by atoms with Gasteiger partial charge in [-0.25, -0.2) is 0 Å². The fourth-order valence-electron chi connectivity index (χ4n) is 2.13. The quantitative estimate of drug-likeness (QED) is 0.887. The number of pyridine rings is 1. The van der Waals surface area contributed by atoms with Crippen LogP contribution in [0.1, 0.15) is 36.6 Å². The van der Waals surface area contributed by atoms with Crippen LogP contribution in [0.15, 0.2) is 42.7 Å². The molecule has 0 saturated heterocycles. The Morgan fingerprint density at radius 2 is 1.95 bits per heavy atom. The van der Waals surface area contributed by atoms with E-state index in [0.29, 0.717) is 17.9 Å². The molecule has 1 aromatic carbocycles. The third kappa shape index (κ3) is 4.28. The molecule has 4 nitrogen and oxygen atoms in total. The molecule has 0 amide bonds. The van der Waals surface area contributed by atoms with E-state index < -0.39 is 6.10 Å². The minimum absolute atomic E-state index is 0.0734. The van der Waals surface area contributed by atoms with Crippen LogP contribution in [-0.2, 0) is 11.3 Å². The third-order valence-electron chi connectivity index (χ3n) is 3.00. The van der Waals surface area contributed by atoms with Crippen LogP contribution >= 0.6 is 0 Å². The second kappa shape index (κ2) is 7.20. The molecule has 1 atom stereocenters. The van der Waals surface area contributed by atoms with E-state index in [1.54, 1.807) is 19.5 Å². The van der Waals surface area contributed by atoms with Gasteiger partial charge in [0.2, 0.25) is 0 Å². The highest BCUT2D eigenvalue weighted by molar-refractivity contribution is 5.34. The average molecular weight is 287 g/mol. The maximum absolute atomic E-state index is 10.5. The number of aliphatic hydroxyl groups is 1. The molecule has 1 aromatic heterocycles. The second-order valence-corrected chi connectivity index (χ2v) is 5.20. The molecule has 0 radical (unpaired) electrons. The summed E-state index contributed by atoms with van der Waals surface area (Å²) in [7, 11) is 1.65. The highest BCUT2D eigenvalue weighted by Crippen LogP contribution is 2.25. The zero-order valence-electron chi connectivity index (χ0n) is 12.6. The van der Waals surface area contributed by atoms with Crippen molar-refractivity contribution >= 4 is 0 Å². The zero-order chi connectivity index (χ0) is 15.2. The van der Waals surface area contributed by atoms with E-state index in [-0.39, 0.29) is 6.10 Å². The normalized spacial score (nSPS) is 12.4. The predicted molar refractivity (Wildman–Crippen MR) is 81.2 cm³/mol. The van der Waals surface area contributed by atoms with E-state index in [4.69, 9.17) is 9.47 Å². The lowest BCUT2D eigenvalue weighted by atomic mass is 10.0. The van der Waals surface area contributed by atoms with Gasteiger partial charge in [-0.05, 0) is 31.0 Å². The van der Waals surface area contributed by atoms with Crippen molar-refractivity contribution in [3.63, 3.8) is 0 Å². The van der Waals surface area contributed by atoms with E-state index in [0.717, 1.165) is 11.1 Å². The molecule has 0 aliphatic carbocycles. The van der Waals surface area contributed by atoms with E-state index >= 15 is 0 Å². The van der Waals surface area contributed by atoms with Crippen LogP contribution in [0.25, 0.3) is 0 Å². The Kier molecular flexibility index (Phi) is 5.31. The molecule has 1 heterocycles. The summed E-state index contributed by atoms with van der Waals surface area (Å²) in [5.41, 5.74) is 2.55. The van der Waals surface area contributed by atoms with Gasteiger partial charge in [-0.15, -0.1) is 0 Å². The molecule has 1 unspecified atom stereocenters. The van der Waals surface area contributed by atoms with Crippen LogP contribution in [0.5, 0.6) is 5.75 Å². The number of hydrogen-bond donors (Lipinski definition) is 1. The molecule has 0 bridgehead atoms. The van der Waals surface area contributed by atoms with Crippen LogP contribution in [-0.4, -0.2) is 23.3 Å². The van der Waals surface area contributed by atoms with Gasteiger partial charge in [0.05, 0.1) is 18.9 Å². The SMILES string of the molecule is COCc1cccc(C(O)c2cncc(OC(C)C)c2)c1. The molecule has 0 aliphatic heterocycles. The van der Waals surface area contributed by atoms with Crippen molar-refractivity contribution in [2.75, 3.05) is 7.11 Å². The van der Waals surface area contributed by atoms with Crippen LogP contribution in [0.3, 0.4) is 0 Å². The van der Waals surface area contributed by atoms with Crippen molar-refractivity contribution < 1.29 is 14.6 Å². The summed E-state index contributed by atoms with van der Waals surface area (Å²) in [6, 6.07) is 9.52. The standard InChI is InChI=1S/C17H21NO3/c1-12(2)21-16-8-15(9-18-10-16)17(19)14-6-4-5-13(7-14)11-20-3/h4-10,12,17,19H,11H2,1-3H3. The smallest absolute Gasteiger partial charge is 0.138 e. The van der Waals surface area contributed by atoms with Crippen molar-refractivity contribution in [3.05, 3.63) is 59.4 Å². The summed E-state index contributed by atoms with van der Waals surface area (Å²) in [6.45, 7) is 4.43. The van der Waals surface area contributed by atoms with Gasteiger partial charge in [0, 0.05) is 18.9 Å². The van der Waals surface area contributed by atoms with Gasteiger partial charge < -0.3 is 14.6 Å². The van der Waals surface area contributed by atoms with Crippen LogP contribution < -0.4 is 4.74 Å². The summed E-state index contributed by atoms with van der Waals surface area (Å²) in [6.07, 6.45) is 2.65. The zero-order valence-corrected chi connectivity index (χ0v) is 12.6. The fraction of sp³-hybridized carbons (Fsp3) is 0.353. The Morgan fingerprint density at radius 3 is 2.67 bits per heavy atom. The van der Waals surface area contributed by atoms with Crippen molar-refractivity contribution in [1.82, 2.24) is 4.98 Å². The second-order valence-electron chi connectivity index (χ2n) is 5.20. The fourth-order valence-corrected chi connectivity index (χ4v) is 2.13. The van der Waals surface area contributed by atoms with Crippen molar-refractivity contribution in [2.24, 2.45) is 0 Å². The van der Waals surface area contributed by atoms with Crippen LogP contribution in [0.2, 0.25) is 0 Å². The first kappa shape index (κ1) is 15.5. The van der Waals surface area contributed by atoms with Gasteiger partial charge in [0.25, 0.3) is 0 Å². The monoisotopic (exact) mass is 287 g/mol. The molecule has 0 spiro atoms. The summed E-state index contributed by atoms with van der Waals surface area (Å²) in [5, 5.41) is 10.5. The Bertz CT molecular complexity index is 584. The minimum Gasteiger partial charge on any atom is -0.489 e. The molecular formula is C17H21NO3. The predicted octanol–water partition coefficient (Wildman–Crippen LogP) is 3.10. The molecular weight excluding hydrogens is 266 g/mol. The van der Waals surface area contributed by atoms with Crippen LogP contribution in [0.4, 0.5) is 0 Å². The first-order valence-electron chi connectivity index (χ1n) is 6.97. The number of nitrogens with zero attached hydrogens (tertiary/aromatic N) is 1. The first-order chi connectivity index (χ1) is 10.1. The number of benzene rings is 1. The van der Waals surface area contributed by atoms with E-state index in [2.05, 4.69) is 4.98 Å². The van der Waals surface area contributed by atoms with Gasteiger partial charge in [0.1, 0.15) is 11.9 Å². The van der Waals surface area contributed by atoms with E-state index in [1.807, 2.05) is 44.2 Å². The van der Waals surface area contributed by atoms with Crippen molar-refractivity contribution in [2.45, 2.75) is 32.7 Å². The van der Waals surface area contributed by atoms with Crippen molar-refractivity contribution in [3.8, 4) is 5.75 Å². The Hall–Kier alpha value is -1.91. The molecule has 2 aromatic rings. The Balaban J connectivity index is 2.22. The third-order valence-corrected chi connectivity index (χ3v) is 3.00. The number of hydrogen-bond acceptors (Lipinski definition) is 4. The maximum Gasteiger partial charge on any atom is 0.138 e. The summed E-state index contributed by atoms with van der Waals surface area (Å²) < 4.78 is 10.7. The molecule has 0 saturated carbocycles. The minimum atomic E-state index is -0.731. The van der Waals surface area contributed by atoms with Gasteiger partial charge in [0.15, 0.2) is 0 Å². The average Bonchev–Trinajstić information content (AvgIpc) is 2.47. The maximum atomic E-state index is 10.5. The number of aromatic nitrogens is 1. The molecule has 1 N–H and O–H groups in total. The lowest BCUT2D eigenvalue weighted by molar-refractivity contribution is 0.184. The lowest BCUT2D eigenvalue weighted by Crippen LogP contribution is -2.07. The summed E-state index contributed by atoms with van der Waals surface area (Å²) >= 11 is 0. The number of methoxy groups -OCH3 is 1. The highest BCUT2D eigenvalue weighted by atomic mass is 16.5. The molecule has 2 rings (SSSR count). The summed E-state index contributed by atoms with van der Waals surface area (Å²) in [4.78, 5) is 4.13. The van der Waals surface area contributed by atoms with E-state index in [9.17, 15) is 5.11 Å². The Morgan fingerprint density at radius 1 is 1.14 bits per heavy atom. The molecule has 4 heteroatoms.